The van der Waals surface area contributed by atoms with Gasteiger partial charge in [0.25, 0.3) is 5.91 Å². The number of nitrogens with zero attached hydrogens (tertiary/aromatic N) is 1. The third-order valence-electron chi connectivity index (χ3n) is 6.24. The lowest BCUT2D eigenvalue weighted by molar-refractivity contribution is 0.0946. The summed E-state index contributed by atoms with van der Waals surface area (Å²) in [6.45, 7) is 2.56. The lowest BCUT2D eigenvalue weighted by Gasteiger charge is -2.32. The van der Waals surface area contributed by atoms with Gasteiger partial charge in [0.1, 0.15) is 11.6 Å². The maximum atomic E-state index is 14.6. The average molecular weight is 464 g/mol. The summed E-state index contributed by atoms with van der Waals surface area (Å²) in [7, 11) is 0. The van der Waals surface area contributed by atoms with Crippen LogP contribution in [0, 0.1) is 11.7 Å². The van der Waals surface area contributed by atoms with E-state index in [2.05, 4.69) is 15.6 Å². The van der Waals surface area contributed by atoms with Gasteiger partial charge >= 0.3 is 0 Å². The third-order valence-corrected chi connectivity index (χ3v) is 6.24. The number of halogens is 1. The molecule has 34 heavy (non-hydrogen) atoms. The van der Waals surface area contributed by atoms with Gasteiger partial charge in [0.15, 0.2) is 11.5 Å². The fraction of sp³-hybridized carbons (Fsp3) is 0.308. The minimum atomic E-state index is -0.538. The number of piperidine rings is 1. The van der Waals surface area contributed by atoms with E-state index < -0.39 is 11.7 Å². The second-order valence-electron chi connectivity index (χ2n) is 8.43. The number of nitrogens with one attached hydrogen (secondary N) is 2. The molecule has 1 fully saturated rings. The third kappa shape index (κ3) is 4.97. The Kier molecular flexibility index (Phi) is 6.58. The Bertz CT molecular complexity index is 1160. The number of rotatable bonds is 7. The van der Waals surface area contributed by atoms with E-state index in [1.54, 1.807) is 24.4 Å². The maximum Gasteiger partial charge on any atom is 0.254 e. The van der Waals surface area contributed by atoms with Gasteiger partial charge in [-0.2, -0.15) is 0 Å². The van der Waals surface area contributed by atoms with Crippen molar-refractivity contribution in [2.75, 3.05) is 26.5 Å². The predicted molar refractivity (Wildman–Crippen MR) is 124 cm³/mol. The summed E-state index contributed by atoms with van der Waals surface area (Å²) in [6.07, 6.45) is 2.53. The number of hydrogen-bond acceptors (Lipinski definition) is 6. The molecule has 1 saturated heterocycles. The molecule has 2 N–H and O–H groups in total. The highest BCUT2D eigenvalue weighted by Gasteiger charge is 2.28. The van der Waals surface area contributed by atoms with Crippen molar-refractivity contribution in [3.05, 3.63) is 83.4 Å². The summed E-state index contributed by atoms with van der Waals surface area (Å²) in [5.74, 6) is 1.41. The molecule has 0 bridgehead atoms. The molecule has 2 unspecified atom stereocenters. The second-order valence-corrected chi connectivity index (χ2v) is 8.43. The van der Waals surface area contributed by atoms with Crippen molar-refractivity contribution in [1.82, 2.24) is 15.6 Å². The molecule has 2 aliphatic rings. The van der Waals surface area contributed by atoms with Gasteiger partial charge in [0, 0.05) is 24.7 Å². The topological polar surface area (TPSA) is 81.7 Å². The molecule has 0 saturated carbocycles. The van der Waals surface area contributed by atoms with Crippen molar-refractivity contribution >= 4 is 5.91 Å². The Morgan fingerprint density at radius 2 is 2.06 bits per heavy atom. The molecular formula is C26H26FN3O4. The SMILES string of the molecule is O=C(NCc1ccccn1)c1cc(C2CCNCC2COc2ccc3c(c2)OCO3)ccc1F. The average Bonchev–Trinajstić information content (AvgIpc) is 3.35. The molecule has 7 nitrogen and oxygen atoms in total. The van der Waals surface area contributed by atoms with Crippen LogP contribution in [0.5, 0.6) is 17.2 Å². The molecule has 176 valence electrons. The van der Waals surface area contributed by atoms with Crippen LogP contribution in [0.3, 0.4) is 0 Å². The minimum Gasteiger partial charge on any atom is -0.493 e. The monoisotopic (exact) mass is 463 g/mol. The molecule has 3 aromatic rings. The van der Waals surface area contributed by atoms with E-state index in [1.807, 2.05) is 30.3 Å². The largest absolute Gasteiger partial charge is 0.493 e. The molecule has 8 heteroatoms. The van der Waals surface area contributed by atoms with E-state index in [9.17, 15) is 9.18 Å². The van der Waals surface area contributed by atoms with Crippen LogP contribution in [0.15, 0.2) is 60.8 Å². The standard InChI is InChI=1S/C26H26FN3O4/c27-23-6-4-17(11-22(23)26(31)30-14-19-3-1-2-9-29-19)21-8-10-28-13-18(21)15-32-20-5-7-24-25(12-20)34-16-33-24/h1-7,9,11-12,18,21,28H,8,10,13-16H2,(H,30,31). The lowest BCUT2D eigenvalue weighted by Crippen LogP contribution is -2.38. The van der Waals surface area contributed by atoms with E-state index in [1.165, 1.54) is 6.07 Å². The lowest BCUT2D eigenvalue weighted by atomic mass is 9.81. The molecule has 2 aromatic carbocycles. The summed E-state index contributed by atoms with van der Waals surface area (Å²) in [6, 6.07) is 15.8. The first kappa shape index (κ1) is 22.2. The van der Waals surface area contributed by atoms with Crippen molar-refractivity contribution in [1.29, 1.82) is 0 Å². The maximum absolute atomic E-state index is 14.6. The van der Waals surface area contributed by atoms with Crippen molar-refractivity contribution in [3.8, 4) is 17.2 Å². The van der Waals surface area contributed by atoms with E-state index >= 15 is 0 Å². The number of benzene rings is 2. The van der Waals surface area contributed by atoms with Crippen LogP contribution < -0.4 is 24.8 Å². The van der Waals surface area contributed by atoms with Crippen molar-refractivity contribution in [2.24, 2.45) is 5.92 Å². The second kappa shape index (κ2) is 10.1. The normalized spacial score (nSPS) is 19.0. The molecule has 2 atom stereocenters. The van der Waals surface area contributed by atoms with Crippen LogP contribution in [-0.4, -0.2) is 37.4 Å². The molecule has 0 aliphatic carbocycles. The molecule has 2 aliphatic heterocycles. The number of amides is 1. The highest BCUT2D eigenvalue weighted by atomic mass is 19.1. The van der Waals surface area contributed by atoms with Gasteiger partial charge in [-0.1, -0.05) is 12.1 Å². The number of pyridine rings is 1. The minimum absolute atomic E-state index is 0.0439. The highest BCUT2D eigenvalue weighted by molar-refractivity contribution is 5.94. The molecule has 1 aromatic heterocycles. The molecule has 0 spiro atoms. The van der Waals surface area contributed by atoms with Gasteiger partial charge in [-0.25, -0.2) is 4.39 Å². The van der Waals surface area contributed by atoms with Crippen LogP contribution in [0.4, 0.5) is 4.39 Å². The Morgan fingerprint density at radius 1 is 1.15 bits per heavy atom. The first-order valence-corrected chi connectivity index (χ1v) is 11.4. The first-order chi connectivity index (χ1) is 16.7. The number of carbonyl (C=O) groups excluding carboxylic acids is 1. The van der Waals surface area contributed by atoms with Gasteiger partial charge < -0.3 is 24.8 Å². The van der Waals surface area contributed by atoms with Crippen molar-refractivity contribution in [2.45, 2.75) is 18.9 Å². The number of ether oxygens (including phenoxy) is 3. The molecular weight excluding hydrogens is 437 g/mol. The van der Waals surface area contributed by atoms with Gasteiger partial charge in [-0.15, -0.1) is 0 Å². The zero-order valence-electron chi connectivity index (χ0n) is 18.6. The van der Waals surface area contributed by atoms with Crippen LogP contribution in [0.1, 0.15) is 34.0 Å². The van der Waals surface area contributed by atoms with Crippen molar-refractivity contribution in [3.63, 3.8) is 0 Å². The summed E-state index contributed by atoms with van der Waals surface area (Å²) in [4.78, 5) is 16.9. The Morgan fingerprint density at radius 3 is 2.94 bits per heavy atom. The Hall–Kier alpha value is -3.65. The quantitative estimate of drug-likeness (QED) is 0.557. The summed E-state index contributed by atoms with van der Waals surface area (Å²) in [5.41, 5.74) is 1.69. The molecule has 1 amide bonds. The van der Waals surface area contributed by atoms with E-state index in [0.29, 0.717) is 29.5 Å². The first-order valence-electron chi connectivity index (χ1n) is 11.4. The number of fused-ring (bicyclic) bond motifs is 1. The van der Waals surface area contributed by atoms with Crippen LogP contribution in [0.25, 0.3) is 0 Å². The zero-order valence-corrected chi connectivity index (χ0v) is 18.6. The van der Waals surface area contributed by atoms with Crippen LogP contribution in [-0.2, 0) is 6.54 Å². The van der Waals surface area contributed by atoms with Crippen LogP contribution >= 0.6 is 0 Å². The fourth-order valence-corrected chi connectivity index (χ4v) is 4.42. The van der Waals surface area contributed by atoms with Crippen LogP contribution in [0.2, 0.25) is 0 Å². The fourth-order valence-electron chi connectivity index (χ4n) is 4.42. The Labute approximate surface area is 197 Å². The predicted octanol–water partition coefficient (Wildman–Crippen LogP) is 3.65. The zero-order chi connectivity index (χ0) is 23.3. The molecule has 0 radical (unpaired) electrons. The Balaban J connectivity index is 1.27. The van der Waals surface area contributed by atoms with Gasteiger partial charge in [0.2, 0.25) is 6.79 Å². The van der Waals surface area contributed by atoms with Gasteiger partial charge in [0.05, 0.1) is 24.4 Å². The van der Waals surface area contributed by atoms with Gasteiger partial charge in [-0.3, -0.25) is 9.78 Å². The molecule has 3 heterocycles. The van der Waals surface area contributed by atoms with E-state index in [-0.39, 0.29) is 30.7 Å². The number of hydrogen-bond donors (Lipinski definition) is 2. The van der Waals surface area contributed by atoms with Crippen molar-refractivity contribution < 1.29 is 23.4 Å². The van der Waals surface area contributed by atoms with Gasteiger partial charge in [-0.05, 0) is 60.8 Å². The summed E-state index contributed by atoms with van der Waals surface area (Å²) < 4.78 is 31.4. The number of carbonyl (C=O) groups is 1. The summed E-state index contributed by atoms with van der Waals surface area (Å²) >= 11 is 0. The summed E-state index contributed by atoms with van der Waals surface area (Å²) in [5, 5.41) is 6.18. The molecule has 5 rings (SSSR count). The highest BCUT2D eigenvalue weighted by Crippen LogP contribution is 2.36. The number of aromatic nitrogens is 1. The van der Waals surface area contributed by atoms with E-state index in [0.717, 1.165) is 25.1 Å². The smallest absolute Gasteiger partial charge is 0.254 e. The van der Waals surface area contributed by atoms with E-state index in [4.69, 9.17) is 14.2 Å².